The molecule has 0 aromatic carbocycles. The highest BCUT2D eigenvalue weighted by atomic mass is 19.4. The fourth-order valence-corrected chi connectivity index (χ4v) is 2.08. The van der Waals surface area contributed by atoms with Crippen molar-refractivity contribution in [2.75, 3.05) is 0 Å². The summed E-state index contributed by atoms with van der Waals surface area (Å²) in [4.78, 5) is 29.3. The van der Waals surface area contributed by atoms with Crippen LogP contribution in [-0.2, 0) is 12.6 Å². The van der Waals surface area contributed by atoms with E-state index in [1.165, 1.54) is 19.2 Å². The summed E-state index contributed by atoms with van der Waals surface area (Å²) in [6, 6.07) is 3.29. The maximum Gasteiger partial charge on any atom is 0.433 e. The Labute approximate surface area is 124 Å². The molecule has 2 rings (SSSR count). The minimum Gasteiger partial charge on any atom is -0.329 e. The van der Waals surface area contributed by atoms with E-state index in [1.54, 1.807) is 6.92 Å². The summed E-state index contributed by atoms with van der Waals surface area (Å²) in [6.45, 7) is 3.05. The van der Waals surface area contributed by atoms with Gasteiger partial charge in [-0.3, -0.25) is 9.59 Å². The Bertz CT molecular complexity index is 779. The number of H-pyrrole nitrogens is 1. The predicted molar refractivity (Wildman–Crippen MR) is 73.8 cm³/mol. The zero-order valence-corrected chi connectivity index (χ0v) is 11.9. The molecule has 2 heterocycles. The first-order chi connectivity index (χ1) is 10.2. The molecule has 2 aromatic heterocycles. The van der Waals surface area contributed by atoms with Crippen LogP contribution in [-0.4, -0.2) is 15.8 Å². The zero-order chi connectivity index (χ0) is 16.5. The molecule has 0 bridgehead atoms. The molecule has 0 unspecified atom stereocenters. The van der Waals surface area contributed by atoms with Gasteiger partial charge in [-0.15, -0.1) is 0 Å². The Kier molecular flexibility index (Phi) is 4.16. The van der Waals surface area contributed by atoms with E-state index in [-0.39, 0.29) is 29.0 Å². The molecule has 0 spiro atoms. The molecule has 4 nitrogen and oxygen atoms in total. The lowest BCUT2D eigenvalue weighted by atomic mass is 10.00. The molecule has 0 radical (unpaired) electrons. The molecule has 7 heteroatoms. The van der Waals surface area contributed by atoms with Gasteiger partial charge in [0.05, 0.1) is 0 Å². The number of hydrogen-bond donors (Lipinski definition) is 1. The van der Waals surface area contributed by atoms with Gasteiger partial charge in [-0.25, -0.2) is 4.98 Å². The Balaban J connectivity index is 2.28. The number of carbonyl (C=O) groups is 1. The van der Waals surface area contributed by atoms with E-state index in [9.17, 15) is 22.8 Å². The second-order valence-corrected chi connectivity index (χ2v) is 4.93. The van der Waals surface area contributed by atoms with Gasteiger partial charge in [0.1, 0.15) is 5.69 Å². The number of aromatic nitrogens is 2. The molecule has 22 heavy (non-hydrogen) atoms. The summed E-state index contributed by atoms with van der Waals surface area (Å²) < 4.78 is 37.7. The van der Waals surface area contributed by atoms with E-state index in [1.807, 2.05) is 0 Å². The van der Waals surface area contributed by atoms with Gasteiger partial charge in [0.25, 0.3) is 0 Å². The minimum atomic E-state index is -4.54. The Morgan fingerprint density at radius 2 is 1.95 bits per heavy atom. The van der Waals surface area contributed by atoms with Gasteiger partial charge < -0.3 is 4.98 Å². The van der Waals surface area contributed by atoms with E-state index in [0.29, 0.717) is 11.1 Å². The smallest absolute Gasteiger partial charge is 0.329 e. The fraction of sp³-hybridized carbons (Fsp3) is 0.267. The van der Waals surface area contributed by atoms with E-state index in [0.717, 1.165) is 12.1 Å². The fourth-order valence-electron chi connectivity index (χ4n) is 2.08. The number of halogens is 3. The molecular weight excluding hydrogens is 297 g/mol. The number of aryl methyl sites for hydroxylation is 2. The number of carbonyl (C=O) groups excluding carboxylic acids is 1. The third kappa shape index (κ3) is 3.41. The standard InChI is InChI=1S/C15H13F3N2O2/c1-8-5-14(22)19-7-10(8)6-12(21)11-3-4-13(15(16,17)18)20-9(11)2/h3-5,7H,6H2,1-2H3,(H,19,22). The van der Waals surface area contributed by atoms with Crippen molar-refractivity contribution in [2.45, 2.75) is 26.4 Å². The Morgan fingerprint density at radius 3 is 2.50 bits per heavy atom. The molecule has 0 saturated carbocycles. The number of aromatic amines is 1. The molecule has 0 aliphatic carbocycles. The number of ketones is 1. The zero-order valence-electron chi connectivity index (χ0n) is 11.9. The lowest BCUT2D eigenvalue weighted by Gasteiger charge is -2.10. The Hall–Kier alpha value is -2.44. The van der Waals surface area contributed by atoms with Crippen LogP contribution in [0.3, 0.4) is 0 Å². The largest absolute Gasteiger partial charge is 0.433 e. The van der Waals surface area contributed by atoms with Crippen LogP contribution >= 0.6 is 0 Å². The summed E-state index contributed by atoms with van der Waals surface area (Å²) in [5.41, 5.74) is 0.127. The molecule has 116 valence electrons. The third-order valence-electron chi connectivity index (χ3n) is 3.27. The van der Waals surface area contributed by atoms with E-state index in [2.05, 4.69) is 9.97 Å². The monoisotopic (exact) mass is 310 g/mol. The van der Waals surface area contributed by atoms with E-state index < -0.39 is 11.9 Å². The van der Waals surface area contributed by atoms with E-state index >= 15 is 0 Å². The maximum atomic E-state index is 12.6. The second-order valence-electron chi connectivity index (χ2n) is 4.93. The summed E-state index contributed by atoms with van der Waals surface area (Å²) in [5, 5.41) is 0. The van der Waals surface area contributed by atoms with Crippen molar-refractivity contribution in [3.63, 3.8) is 0 Å². The van der Waals surface area contributed by atoms with Crippen LogP contribution in [0.2, 0.25) is 0 Å². The first kappa shape index (κ1) is 15.9. The van der Waals surface area contributed by atoms with Crippen molar-refractivity contribution >= 4 is 5.78 Å². The summed E-state index contributed by atoms with van der Waals surface area (Å²) in [5.74, 6) is -0.353. The van der Waals surface area contributed by atoms with Crippen LogP contribution in [0.25, 0.3) is 0 Å². The Morgan fingerprint density at radius 1 is 1.27 bits per heavy atom. The van der Waals surface area contributed by atoms with Crippen LogP contribution in [0.5, 0.6) is 0 Å². The molecular formula is C15H13F3N2O2. The molecule has 0 amide bonds. The van der Waals surface area contributed by atoms with Gasteiger partial charge in [0, 0.05) is 29.9 Å². The summed E-state index contributed by atoms with van der Waals surface area (Å²) >= 11 is 0. The van der Waals surface area contributed by atoms with Gasteiger partial charge in [0.2, 0.25) is 5.56 Å². The predicted octanol–water partition coefficient (Wildman–Crippen LogP) is 2.83. The summed E-state index contributed by atoms with van der Waals surface area (Å²) in [7, 11) is 0. The number of alkyl halides is 3. The lowest BCUT2D eigenvalue weighted by molar-refractivity contribution is -0.141. The molecule has 0 atom stereocenters. The number of hydrogen-bond acceptors (Lipinski definition) is 3. The number of pyridine rings is 2. The van der Waals surface area contributed by atoms with Gasteiger partial charge in [-0.2, -0.15) is 13.2 Å². The first-order valence-electron chi connectivity index (χ1n) is 6.44. The lowest BCUT2D eigenvalue weighted by Crippen LogP contribution is -2.14. The van der Waals surface area contributed by atoms with Crippen molar-refractivity contribution in [2.24, 2.45) is 0 Å². The average Bonchev–Trinajstić information content (AvgIpc) is 2.40. The second kappa shape index (κ2) is 5.75. The highest BCUT2D eigenvalue weighted by molar-refractivity contribution is 5.98. The number of rotatable bonds is 3. The van der Waals surface area contributed by atoms with Crippen molar-refractivity contribution in [1.82, 2.24) is 9.97 Å². The molecule has 0 aliphatic heterocycles. The topological polar surface area (TPSA) is 62.8 Å². The van der Waals surface area contributed by atoms with Crippen LogP contribution in [0, 0.1) is 13.8 Å². The molecule has 0 fully saturated rings. The average molecular weight is 310 g/mol. The van der Waals surface area contributed by atoms with Gasteiger partial charge in [-0.1, -0.05) is 0 Å². The van der Waals surface area contributed by atoms with Crippen molar-refractivity contribution in [3.8, 4) is 0 Å². The number of nitrogens with zero attached hydrogens (tertiary/aromatic N) is 1. The van der Waals surface area contributed by atoms with Crippen molar-refractivity contribution in [3.05, 3.63) is 62.8 Å². The number of nitrogens with one attached hydrogen (secondary N) is 1. The van der Waals surface area contributed by atoms with Gasteiger partial charge >= 0.3 is 6.18 Å². The quantitative estimate of drug-likeness (QED) is 0.887. The highest BCUT2D eigenvalue weighted by Crippen LogP contribution is 2.28. The third-order valence-corrected chi connectivity index (χ3v) is 3.27. The highest BCUT2D eigenvalue weighted by Gasteiger charge is 2.33. The van der Waals surface area contributed by atoms with Crippen LogP contribution in [0.4, 0.5) is 13.2 Å². The molecule has 0 aliphatic rings. The van der Waals surface area contributed by atoms with Crippen molar-refractivity contribution in [1.29, 1.82) is 0 Å². The van der Waals surface area contributed by atoms with Gasteiger partial charge in [-0.05, 0) is 37.1 Å². The normalized spacial score (nSPS) is 11.5. The molecule has 0 saturated heterocycles. The van der Waals surface area contributed by atoms with Crippen molar-refractivity contribution < 1.29 is 18.0 Å². The van der Waals surface area contributed by atoms with Gasteiger partial charge in [0.15, 0.2) is 5.78 Å². The molecule has 1 N–H and O–H groups in total. The summed E-state index contributed by atoms with van der Waals surface area (Å²) in [6.07, 6.45) is -3.12. The number of Topliss-reactive ketones (excluding diaryl/α,β-unsaturated/α-hetero) is 1. The minimum absolute atomic E-state index is 0.0174. The van der Waals surface area contributed by atoms with E-state index in [4.69, 9.17) is 0 Å². The maximum absolute atomic E-state index is 12.6. The SMILES string of the molecule is Cc1cc(=O)[nH]cc1CC(=O)c1ccc(C(F)(F)F)nc1C. The van der Waals surface area contributed by atoms with Crippen LogP contribution in [0.15, 0.2) is 29.2 Å². The van der Waals surface area contributed by atoms with Crippen LogP contribution in [0.1, 0.15) is 32.9 Å². The first-order valence-corrected chi connectivity index (χ1v) is 6.44. The van der Waals surface area contributed by atoms with Crippen LogP contribution < -0.4 is 5.56 Å². The molecule has 2 aromatic rings.